The molecule has 0 radical (unpaired) electrons. The van der Waals surface area contributed by atoms with Crippen molar-refractivity contribution in [1.82, 2.24) is 19.9 Å². The van der Waals surface area contributed by atoms with E-state index in [-0.39, 0.29) is 11.7 Å². The topological polar surface area (TPSA) is 81.1 Å². The van der Waals surface area contributed by atoms with Crippen LogP contribution < -0.4 is 15.4 Å². The number of rotatable bonds is 6. The summed E-state index contributed by atoms with van der Waals surface area (Å²) in [4.78, 5) is 20.4. The molecule has 4 aromatic rings. The van der Waals surface area contributed by atoms with Gasteiger partial charge in [-0.2, -0.15) is 0 Å². The van der Waals surface area contributed by atoms with Crippen molar-refractivity contribution >= 4 is 22.6 Å². The van der Waals surface area contributed by atoms with Gasteiger partial charge < -0.3 is 19.9 Å². The fourth-order valence-corrected chi connectivity index (χ4v) is 4.21. The second kappa shape index (κ2) is 7.96. The fourth-order valence-electron chi connectivity index (χ4n) is 4.21. The van der Waals surface area contributed by atoms with E-state index in [1.807, 2.05) is 41.8 Å². The molecule has 0 saturated heterocycles. The van der Waals surface area contributed by atoms with Gasteiger partial charge in [0.25, 0.3) is 5.91 Å². The average Bonchev–Trinajstić information content (AvgIpc) is 3.34. The van der Waals surface area contributed by atoms with Crippen LogP contribution in [-0.2, 0) is 13.1 Å². The van der Waals surface area contributed by atoms with Crippen molar-refractivity contribution in [3.8, 4) is 17.0 Å². The number of methoxy groups -OCH3 is 1. The Balaban J connectivity index is 1.34. The van der Waals surface area contributed by atoms with Crippen molar-refractivity contribution in [3.05, 3.63) is 71.4 Å². The molecule has 32 heavy (non-hydrogen) atoms. The molecule has 0 spiro atoms. The number of amides is 1. The lowest BCUT2D eigenvalue weighted by atomic mass is 10.0. The summed E-state index contributed by atoms with van der Waals surface area (Å²) in [6.07, 6.45) is 1.51. The van der Waals surface area contributed by atoms with Crippen molar-refractivity contribution < 1.29 is 13.9 Å². The average molecular weight is 431 g/mol. The first-order valence-electron chi connectivity index (χ1n) is 10.3. The number of hydrogen-bond donors (Lipinski definition) is 2. The second-order valence-electron chi connectivity index (χ2n) is 7.72. The zero-order chi connectivity index (χ0) is 22.2. The Morgan fingerprint density at radius 2 is 2.06 bits per heavy atom. The lowest BCUT2D eigenvalue weighted by Gasteiger charge is -2.12. The number of hydrogen-bond acceptors (Lipinski definition) is 5. The molecule has 2 aromatic heterocycles. The van der Waals surface area contributed by atoms with Gasteiger partial charge in [-0.1, -0.05) is 6.07 Å². The molecule has 5 rings (SSSR count). The highest BCUT2D eigenvalue weighted by Crippen LogP contribution is 2.31. The van der Waals surface area contributed by atoms with Crippen LogP contribution in [0.5, 0.6) is 5.75 Å². The van der Waals surface area contributed by atoms with Gasteiger partial charge in [0.15, 0.2) is 0 Å². The molecular formula is C24H22FN5O2. The summed E-state index contributed by atoms with van der Waals surface area (Å²) in [6, 6.07) is 12.6. The maximum Gasteiger partial charge on any atom is 0.251 e. The lowest BCUT2D eigenvalue weighted by Crippen LogP contribution is -2.13. The number of aromatic nitrogens is 3. The van der Waals surface area contributed by atoms with Crippen molar-refractivity contribution in [2.24, 2.45) is 0 Å². The fraction of sp³-hybridized carbons (Fsp3) is 0.208. The maximum atomic E-state index is 14.5. The summed E-state index contributed by atoms with van der Waals surface area (Å²) in [6.45, 7) is 3.60. The van der Waals surface area contributed by atoms with E-state index in [9.17, 15) is 9.18 Å². The summed E-state index contributed by atoms with van der Waals surface area (Å²) < 4.78 is 21.9. The van der Waals surface area contributed by atoms with E-state index in [4.69, 9.17) is 4.74 Å². The van der Waals surface area contributed by atoms with Gasteiger partial charge >= 0.3 is 0 Å². The number of aryl methyl sites for hydroxylation is 1. The molecule has 3 heterocycles. The van der Waals surface area contributed by atoms with Gasteiger partial charge in [-0.15, -0.1) is 0 Å². The van der Waals surface area contributed by atoms with Gasteiger partial charge in [0.2, 0.25) is 0 Å². The Morgan fingerprint density at radius 3 is 2.91 bits per heavy atom. The van der Waals surface area contributed by atoms with E-state index in [0.717, 1.165) is 27.9 Å². The first-order chi connectivity index (χ1) is 15.5. The zero-order valence-electron chi connectivity index (χ0n) is 17.8. The Kier molecular flexibility index (Phi) is 4.97. The zero-order valence-corrected chi connectivity index (χ0v) is 17.8. The number of nitrogens with zero attached hydrogens (tertiary/aromatic N) is 3. The van der Waals surface area contributed by atoms with Crippen molar-refractivity contribution in [2.45, 2.75) is 20.0 Å². The summed E-state index contributed by atoms with van der Waals surface area (Å²) in [5.74, 6) is 1.01. The number of anilines is 1. The third kappa shape index (κ3) is 3.43. The van der Waals surface area contributed by atoms with Gasteiger partial charge in [-0.3, -0.25) is 4.79 Å². The predicted octanol–water partition coefficient (Wildman–Crippen LogP) is 3.91. The SMILES string of the molecule is COc1ccc(F)c2c1cc(C)n2CCNc1cc(-c2ccc3c(c2)CNC3=O)ncn1. The number of nitrogens with one attached hydrogen (secondary N) is 2. The number of carbonyl (C=O) groups excluding carboxylic acids is 1. The van der Waals surface area contributed by atoms with Crippen molar-refractivity contribution in [3.63, 3.8) is 0 Å². The normalized spacial score (nSPS) is 12.7. The van der Waals surface area contributed by atoms with Crippen LogP contribution in [0.4, 0.5) is 10.2 Å². The van der Waals surface area contributed by atoms with Gasteiger partial charge in [-0.25, -0.2) is 14.4 Å². The minimum atomic E-state index is -0.275. The molecule has 7 nitrogen and oxygen atoms in total. The number of carbonyl (C=O) groups is 1. The van der Waals surface area contributed by atoms with Crippen LogP contribution in [0, 0.1) is 12.7 Å². The summed E-state index contributed by atoms with van der Waals surface area (Å²) in [5.41, 5.74) is 4.85. The van der Waals surface area contributed by atoms with Crippen LogP contribution >= 0.6 is 0 Å². The Bertz CT molecular complexity index is 1350. The van der Waals surface area contributed by atoms with E-state index in [0.29, 0.717) is 42.3 Å². The first kappa shape index (κ1) is 20.0. The second-order valence-corrected chi connectivity index (χ2v) is 7.72. The highest BCUT2D eigenvalue weighted by molar-refractivity contribution is 5.98. The monoisotopic (exact) mass is 431 g/mol. The highest BCUT2D eigenvalue weighted by Gasteiger charge is 2.19. The van der Waals surface area contributed by atoms with Crippen molar-refractivity contribution in [1.29, 1.82) is 0 Å². The lowest BCUT2D eigenvalue weighted by molar-refractivity contribution is 0.0965. The molecular weight excluding hydrogens is 409 g/mol. The van der Waals surface area contributed by atoms with E-state index in [1.165, 1.54) is 12.4 Å². The molecule has 2 N–H and O–H groups in total. The van der Waals surface area contributed by atoms with Crippen LogP contribution in [0.1, 0.15) is 21.6 Å². The molecule has 0 fully saturated rings. The molecule has 0 bridgehead atoms. The Hall–Kier alpha value is -3.94. The summed E-state index contributed by atoms with van der Waals surface area (Å²) in [5, 5.41) is 6.89. The van der Waals surface area contributed by atoms with Gasteiger partial charge in [0, 0.05) is 47.9 Å². The molecule has 1 aliphatic heterocycles. The summed E-state index contributed by atoms with van der Waals surface area (Å²) in [7, 11) is 1.59. The Morgan fingerprint density at radius 1 is 1.19 bits per heavy atom. The molecule has 1 aliphatic rings. The number of ether oxygens (including phenoxy) is 1. The number of fused-ring (bicyclic) bond motifs is 2. The summed E-state index contributed by atoms with van der Waals surface area (Å²) >= 11 is 0. The standard InChI is InChI=1S/C24H22FN5O2/c1-14-9-18-21(32-2)6-5-19(25)23(18)30(14)8-7-26-22-11-20(28-13-29-22)15-3-4-17-16(10-15)12-27-24(17)31/h3-6,9-11,13H,7-8,12H2,1-2H3,(H,27,31)(H,26,28,29). The van der Waals surface area contributed by atoms with Gasteiger partial charge in [-0.05, 0) is 42.8 Å². The molecule has 0 saturated carbocycles. The smallest absolute Gasteiger partial charge is 0.251 e. The number of benzene rings is 2. The van der Waals surface area contributed by atoms with Crippen LogP contribution in [0.2, 0.25) is 0 Å². The molecule has 162 valence electrons. The van der Waals surface area contributed by atoms with Crippen LogP contribution in [0.25, 0.3) is 22.2 Å². The van der Waals surface area contributed by atoms with Crippen LogP contribution in [0.15, 0.2) is 48.8 Å². The largest absolute Gasteiger partial charge is 0.496 e. The van der Waals surface area contributed by atoms with E-state index in [1.54, 1.807) is 13.2 Å². The number of halogens is 1. The molecule has 2 aromatic carbocycles. The Labute approximate surface area is 184 Å². The van der Waals surface area contributed by atoms with Crippen LogP contribution in [0.3, 0.4) is 0 Å². The van der Waals surface area contributed by atoms with Crippen LogP contribution in [-0.4, -0.2) is 34.1 Å². The molecule has 0 aliphatic carbocycles. The maximum absolute atomic E-state index is 14.5. The molecule has 1 amide bonds. The third-order valence-corrected chi connectivity index (χ3v) is 5.79. The van der Waals surface area contributed by atoms with Gasteiger partial charge in [0.05, 0.1) is 18.3 Å². The van der Waals surface area contributed by atoms with Gasteiger partial charge in [0.1, 0.15) is 23.7 Å². The molecule has 0 atom stereocenters. The first-order valence-corrected chi connectivity index (χ1v) is 10.3. The minimum Gasteiger partial charge on any atom is -0.496 e. The van der Waals surface area contributed by atoms with E-state index >= 15 is 0 Å². The predicted molar refractivity (Wildman–Crippen MR) is 120 cm³/mol. The van der Waals surface area contributed by atoms with E-state index in [2.05, 4.69) is 20.6 Å². The minimum absolute atomic E-state index is 0.0431. The highest BCUT2D eigenvalue weighted by atomic mass is 19.1. The quantitative estimate of drug-likeness (QED) is 0.484. The van der Waals surface area contributed by atoms with E-state index < -0.39 is 0 Å². The van der Waals surface area contributed by atoms with Crippen molar-refractivity contribution in [2.75, 3.05) is 19.0 Å². The molecule has 8 heteroatoms. The molecule has 0 unspecified atom stereocenters. The third-order valence-electron chi connectivity index (χ3n) is 5.79.